The Morgan fingerprint density at radius 1 is 1.43 bits per heavy atom. The average Bonchev–Trinajstić information content (AvgIpc) is 2.97. The highest BCUT2D eigenvalue weighted by atomic mass is 19.3. The first kappa shape index (κ1) is 15.2. The second-order valence-electron chi connectivity index (χ2n) is 5.15. The summed E-state index contributed by atoms with van der Waals surface area (Å²) in [6, 6.07) is 3.71. The van der Waals surface area contributed by atoms with E-state index in [1.165, 1.54) is 12.1 Å². The van der Waals surface area contributed by atoms with Crippen LogP contribution in [0.2, 0.25) is 0 Å². The lowest BCUT2D eigenvalue weighted by Gasteiger charge is -2.16. The van der Waals surface area contributed by atoms with Crippen molar-refractivity contribution in [3.63, 3.8) is 0 Å². The van der Waals surface area contributed by atoms with Crippen molar-refractivity contribution in [2.75, 3.05) is 22.9 Å². The van der Waals surface area contributed by atoms with Gasteiger partial charge in [-0.05, 0) is 25.1 Å². The van der Waals surface area contributed by atoms with Gasteiger partial charge in [0.05, 0.1) is 17.8 Å². The summed E-state index contributed by atoms with van der Waals surface area (Å²) in [5, 5.41) is 8.86. The van der Waals surface area contributed by atoms with E-state index in [9.17, 15) is 23.2 Å². The average molecular weight is 326 g/mol. The molecule has 2 aliphatic rings. The maximum Gasteiger partial charge on any atom is 0.415 e. The van der Waals surface area contributed by atoms with Crippen molar-refractivity contribution in [2.24, 2.45) is 0 Å². The van der Waals surface area contributed by atoms with Crippen LogP contribution >= 0.6 is 0 Å². The highest BCUT2D eigenvalue weighted by Gasteiger charge is 2.52. The Kier molecular flexibility index (Phi) is 3.24. The van der Waals surface area contributed by atoms with E-state index < -0.39 is 35.6 Å². The largest absolute Gasteiger partial charge is 0.478 e. The molecule has 2 amide bonds. The number of amides is 2. The third-order valence-electron chi connectivity index (χ3n) is 3.84. The number of alkyl halides is 2. The van der Waals surface area contributed by atoms with Gasteiger partial charge in [-0.25, -0.2) is 9.59 Å². The molecule has 0 aliphatic carbocycles. The zero-order valence-corrected chi connectivity index (χ0v) is 12.0. The number of carboxylic acid groups (broad SMARTS) is 1. The van der Waals surface area contributed by atoms with Crippen molar-refractivity contribution < 1.29 is 33.0 Å². The second-order valence-corrected chi connectivity index (χ2v) is 5.15. The molecule has 0 bridgehead atoms. The summed E-state index contributed by atoms with van der Waals surface area (Å²) in [7, 11) is 0. The number of halogens is 2. The van der Waals surface area contributed by atoms with Gasteiger partial charge in [-0.1, -0.05) is 0 Å². The fourth-order valence-electron chi connectivity index (χ4n) is 2.69. The number of hydrogen-bond acceptors (Lipinski definition) is 4. The van der Waals surface area contributed by atoms with Crippen molar-refractivity contribution in [3.05, 3.63) is 23.8 Å². The molecule has 9 heteroatoms. The van der Waals surface area contributed by atoms with Crippen LogP contribution < -0.4 is 9.80 Å². The first-order chi connectivity index (χ1) is 10.8. The zero-order chi connectivity index (χ0) is 16.9. The van der Waals surface area contributed by atoms with Gasteiger partial charge in [-0.3, -0.25) is 9.69 Å². The van der Waals surface area contributed by atoms with Gasteiger partial charge in [0.25, 0.3) is 0 Å². The molecule has 0 saturated carbocycles. The molecule has 1 aromatic carbocycles. The summed E-state index contributed by atoms with van der Waals surface area (Å²) in [6.45, 7) is 1.38. The van der Waals surface area contributed by atoms with E-state index >= 15 is 0 Å². The van der Waals surface area contributed by atoms with E-state index in [1.54, 1.807) is 6.92 Å². The summed E-state index contributed by atoms with van der Waals surface area (Å²) < 4.78 is 32.9. The zero-order valence-electron chi connectivity index (χ0n) is 12.0. The van der Waals surface area contributed by atoms with Crippen LogP contribution in [0, 0.1) is 0 Å². The Bertz CT molecular complexity index is 721. The summed E-state index contributed by atoms with van der Waals surface area (Å²) in [5.41, 5.74) is -0.370. The highest BCUT2D eigenvalue weighted by Crippen LogP contribution is 2.45. The molecule has 0 aromatic heterocycles. The molecule has 1 N–H and O–H groups in total. The molecule has 1 saturated heterocycles. The van der Waals surface area contributed by atoms with Crippen LogP contribution in [0.5, 0.6) is 0 Å². The second kappa shape index (κ2) is 4.90. The van der Waals surface area contributed by atoms with Crippen LogP contribution in [0.15, 0.2) is 18.2 Å². The van der Waals surface area contributed by atoms with Crippen molar-refractivity contribution >= 4 is 29.3 Å². The van der Waals surface area contributed by atoms with Crippen LogP contribution in [0.1, 0.15) is 12.5 Å². The number of aliphatic carboxylic acids is 1. The summed E-state index contributed by atoms with van der Waals surface area (Å²) in [5.74, 6) is -6.32. The molecule has 1 fully saturated rings. The van der Waals surface area contributed by atoms with Crippen LogP contribution in [0.3, 0.4) is 0 Å². The van der Waals surface area contributed by atoms with Crippen molar-refractivity contribution in [1.82, 2.24) is 0 Å². The Morgan fingerprint density at radius 2 is 2.13 bits per heavy atom. The minimum Gasteiger partial charge on any atom is -0.478 e. The van der Waals surface area contributed by atoms with E-state index in [2.05, 4.69) is 4.74 Å². The smallest absolute Gasteiger partial charge is 0.415 e. The predicted octanol–water partition coefficient (Wildman–Crippen LogP) is 1.55. The topological polar surface area (TPSA) is 87.2 Å². The fraction of sp³-hybridized carbons (Fsp3) is 0.357. The Morgan fingerprint density at radius 3 is 2.70 bits per heavy atom. The standard InChI is InChI=1S/C14H12F2N2O5/c1-2-17-9-4-3-7(5-8(9)14(15,16)12(17)21)18-6-10(11(19)20)23-13(18)22/h3-5,10H,2,6H2,1H3,(H,19,20). The molecule has 23 heavy (non-hydrogen) atoms. The van der Waals surface area contributed by atoms with Gasteiger partial charge in [0, 0.05) is 12.2 Å². The van der Waals surface area contributed by atoms with Gasteiger partial charge >= 0.3 is 23.9 Å². The number of carboxylic acids is 1. The van der Waals surface area contributed by atoms with Crippen LogP contribution in [-0.2, 0) is 20.2 Å². The molecule has 0 spiro atoms. The maximum atomic E-state index is 14.1. The Balaban J connectivity index is 2.00. The Labute approximate surface area is 129 Å². The predicted molar refractivity (Wildman–Crippen MR) is 73.6 cm³/mol. The quantitative estimate of drug-likeness (QED) is 0.911. The van der Waals surface area contributed by atoms with Gasteiger partial charge in [-0.15, -0.1) is 0 Å². The number of nitrogens with zero attached hydrogens (tertiary/aromatic N) is 2. The first-order valence-electron chi connectivity index (χ1n) is 6.82. The lowest BCUT2D eigenvalue weighted by atomic mass is 10.1. The van der Waals surface area contributed by atoms with Crippen LogP contribution in [0.4, 0.5) is 25.0 Å². The minimum absolute atomic E-state index is 0.0583. The number of hydrogen-bond donors (Lipinski definition) is 1. The maximum absolute atomic E-state index is 14.1. The van der Waals surface area contributed by atoms with Crippen molar-refractivity contribution in [2.45, 2.75) is 19.0 Å². The summed E-state index contributed by atoms with van der Waals surface area (Å²) in [4.78, 5) is 36.2. The van der Waals surface area contributed by atoms with E-state index in [4.69, 9.17) is 5.11 Å². The molecule has 2 aliphatic heterocycles. The van der Waals surface area contributed by atoms with Crippen molar-refractivity contribution in [3.8, 4) is 0 Å². The van der Waals surface area contributed by atoms with Crippen LogP contribution in [-0.4, -0.2) is 42.3 Å². The molecule has 0 radical (unpaired) electrons. The third kappa shape index (κ3) is 2.11. The minimum atomic E-state index is -3.68. The molecular formula is C14H12F2N2O5. The number of benzene rings is 1. The molecule has 1 aromatic rings. The number of carbonyl (C=O) groups excluding carboxylic acids is 2. The SMILES string of the molecule is CCN1C(=O)C(F)(F)c2cc(N3CC(C(=O)O)OC3=O)ccc21. The molecule has 3 rings (SSSR count). The number of rotatable bonds is 3. The highest BCUT2D eigenvalue weighted by molar-refractivity contribution is 6.06. The van der Waals surface area contributed by atoms with Gasteiger partial charge in [-0.2, -0.15) is 8.78 Å². The number of anilines is 2. The van der Waals surface area contributed by atoms with Gasteiger partial charge in [0.15, 0.2) is 0 Å². The number of fused-ring (bicyclic) bond motifs is 1. The molecule has 1 unspecified atom stereocenters. The number of likely N-dealkylation sites (N-methyl/N-ethyl adjacent to an activating group) is 1. The summed E-state index contributed by atoms with van der Waals surface area (Å²) >= 11 is 0. The van der Waals surface area contributed by atoms with E-state index in [-0.39, 0.29) is 24.5 Å². The van der Waals surface area contributed by atoms with Crippen LogP contribution in [0.25, 0.3) is 0 Å². The van der Waals surface area contributed by atoms with E-state index in [0.717, 1.165) is 15.9 Å². The van der Waals surface area contributed by atoms with Crippen molar-refractivity contribution in [1.29, 1.82) is 0 Å². The number of ether oxygens (including phenoxy) is 1. The van der Waals surface area contributed by atoms with Gasteiger partial charge in [0.2, 0.25) is 6.10 Å². The lowest BCUT2D eigenvalue weighted by molar-refractivity contribution is -0.144. The summed E-state index contributed by atoms with van der Waals surface area (Å²) in [6.07, 6.45) is -2.29. The van der Waals surface area contributed by atoms with Gasteiger partial charge in [0.1, 0.15) is 0 Å². The molecule has 7 nitrogen and oxygen atoms in total. The lowest BCUT2D eigenvalue weighted by Crippen LogP contribution is -2.34. The number of carbonyl (C=O) groups is 3. The molecule has 122 valence electrons. The first-order valence-corrected chi connectivity index (χ1v) is 6.82. The molecule has 2 heterocycles. The van der Waals surface area contributed by atoms with E-state index in [1.807, 2.05) is 0 Å². The molecule has 1 atom stereocenters. The van der Waals surface area contributed by atoms with Gasteiger partial charge < -0.3 is 14.7 Å². The fourth-order valence-corrected chi connectivity index (χ4v) is 2.69. The monoisotopic (exact) mass is 326 g/mol. The number of cyclic esters (lactones) is 1. The third-order valence-corrected chi connectivity index (χ3v) is 3.84. The molecular weight excluding hydrogens is 314 g/mol. The normalized spacial score (nSPS) is 22.3. The Hall–Kier alpha value is -2.71. The van der Waals surface area contributed by atoms with E-state index in [0.29, 0.717) is 0 Å².